The number of hydroxylamine groups is 2. The Morgan fingerprint density at radius 2 is 1.54 bits per heavy atom. The molecule has 0 aliphatic heterocycles. The second kappa shape index (κ2) is 4.40. The van der Waals surface area contributed by atoms with Gasteiger partial charge in [-0.05, 0) is 19.3 Å². The lowest BCUT2D eigenvalue weighted by molar-refractivity contribution is -0.216. The van der Waals surface area contributed by atoms with Gasteiger partial charge in [-0.2, -0.15) is 5.06 Å². The third-order valence-electron chi connectivity index (χ3n) is 2.73. The lowest BCUT2D eigenvalue weighted by atomic mass is 9.79. The van der Waals surface area contributed by atoms with Crippen molar-refractivity contribution in [1.29, 1.82) is 0 Å². The molecule has 3 nitrogen and oxygen atoms in total. The molecule has 0 saturated carbocycles. The number of rotatable bonds is 4. The molecule has 0 heterocycles. The minimum absolute atomic E-state index is 0.127. The van der Waals surface area contributed by atoms with Gasteiger partial charge < -0.3 is 9.57 Å². The van der Waals surface area contributed by atoms with E-state index in [9.17, 15) is 0 Å². The molecule has 0 bridgehead atoms. The number of hydrogen-bond donors (Lipinski definition) is 0. The highest BCUT2D eigenvalue weighted by molar-refractivity contribution is 4.83. The lowest BCUT2D eigenvalue weighted by Gasteiger charge is -2.39. The van der Waals surface area contributed by atoms with Crippen molar-refractivity contribution in [1.82, 2.24) is 5.06 Å². The molecule has 0 saturated heterocycles. The molecule has 0 aliphatic rings. The standard InChI is InChI=1S/C10H23NO2/c1-9(2,3)10(4,5)13-8-11(6)12-7/h8H2,1-7H3. The van der Waals surface area contributed by atoms with Crippen LogP contribution in [-0.2, 0) is 9.57 Å². The van der Waals surface area contributed by atoms with Crippen molar-refractivity contribution in [2.75, 3.05) is 20.9 Å². The Bertz CT molecular complexity index is 149. The summed E-state index contributed by atoms with van der Waals surface area (Å²) in [6.07, 6.45) is 0. The van der Waals surface area contributed by atoms with Crippen LogP contribution in [0.5, 0.6) is 0 Å². The summed E-state index contributed by atoms with van der Waals surface area (Å²) in [7, 11) is 3.48. The third kappa shape index (κ3) is 4.07. The zero-order valence-corrected chi connectivity index (χ0v) is 9.97. The molecular weight excluding hydrogens is 166 g/mol. The average molecular weight is 189 g/mol. The molecule has 0 radical (unpaired) electrons. The maximum absolute atomic E-state index is 5.75. The van der Waals surface area contributed by atoms with E-state index in [1.807, 2.05) is 7.05 Å². The van der Waals surface area contributed by atoms with Gasteiger partial charge in [0.2, 0.25) is 0 Å². The largest absolute Gasteiger partial charge is 0.358 e. The third-order valence-corrected chi connectivity index (χ3v) is 2.73. The molecule has 0 N–H and O–H groups in total. The summed E-state index contributed by atoms with van der Waals surface area (Å²) in [6, 6.07) is 0. The molecule has 0 atom stereocenters. The highest BCUT2D eigenvalue weighted by atomic mass is 16.7. The minimum atomic E-state index is -0.153. The van der Waals surface area contributed by atoms with Crippen LogP contribution in [0.3, 0.4) is 0 Å². The topological polar surface area (TPSA) is 21.7 Å². The molecule has 0 spiro atoms. The summed E-state index contributed by atoms with van der Waals surface area (Å²) in [5, 5.41) is 1.66. The molecule has 0 aromatic heterocycles. The summed E-state index contributed by atoms with van der Waals surface area (Å²) in [5.74, 6) is 0. The fraction of sp³-hybridized carbons (Fsp3) is 1.00. The van der Waals surface area contributed by atoms with Crippen LogP contribution in [0.2, 0.25) is 0 Å². The first kappa shape index (κ1) is 12.9. The van der Waals surface area contributed by atoms with Crippen LogP contribution in [0.15, 0.2) is 0 Å². The molecule has 3 heteroatoms. The molecule has 13 heavy (non-hydrogen) atoms. The summed E-state index contributed by atoms with van der Waals surface area (Å²) in [5.41, 5.74) is -0.0264. The second-order valence-electron chi connectivity index (χ2n) is 4.84. The van der Waals surface area contributed by atoms with Crippen molar-refractivity contribution in [3.05, 3.63) is 0 Å². The van der Waals surface area contributed by atoms with Crippen LogP contribution in [0, 0.1) is 5.41 Å². The van der Waals surface area contributed by atoms with E-state index < -0.39 is 0 Å². The molecule has 0 fully saturated rings. The number of hydrogen-bond acceptors (Lipinski definition) is 3. The van der Waals surface area contributed by atoms with E-state index in [0.29, 0.717) is 6.73 Å². The fourth-order valence-electron chi connectivity index (χ4n) is 0.521. The van der Waals surface area contributed by atoms with Crippen LogP contribution in [0.1, 0.15) is 34.6 Å². The first-order valence-corrected chi connectivity index (χ1v) is 4.60. The second-order valence-corrected chi connectivity index (χ2v) is 4.84. The molecule has 0 rings (SSSR count). The van der Waals surface area contributed by atoms with Gasteiger partial charge in [-0.1, -0.05) is 20.8 Å². The van der Waals surface area contributed by atoms with E-state index in [2.05, 4.69) is 34.6 Å². The van der Waals surface area contributed by atoms with Crippen LogP contribution in [0.4, 0.5) is 0 Å². The number of nitrogens with zero attached hydrogens (tertiary/aromatic N) is 1. The maximum Gasteiger partial charge on any atom is 0.122 e. The fourth-order valence-corrected chi connectivity index (χ4v) is 0.521. The van der Waals surface area contributed by atoms with Gasteiger partial charge in [0, 0.05) is 7.05 Å². The Hall–Kier alpha value is -0.120. The summed E-state index contributed by atoms with van der Waals surface area (Å²) in [4.78, 5) is 4.97. The minimum Gasteiger partial charge on any atom is -0.358 e. The molecule has 80 valence electrons. The van der Waals surface area contributed by atoms with Crippen LogP contribution in [0.25, 0.3) is 0 Å². The van der Waals surface area contributed by atoms with Crippen molar-refractivity contribution in [3.63, 3.8) is 0 Å². The Morgan fingerprint density at radius 3 is 1.85 bits per heavy atom. The smallest absolute Gasteiger partial charge is 0.122 e. The van der Waals surface area contributed by atoms with Crippen LogP contribution < -0.4 is 0 Å². The van der Waals surface area contributed by atoms with Crippen molar-refractivity contribution in [2.24, 2.45) is 5.41 Å². The van der Waals surface area contributed by atoms with E-state index in [4.69, 9.17) is 9.57 Å². The highest BCUT2D eigenvalue weighted by Crippen LogP contribution is 2.32. The summed E-state index contributed by atoms with van der Waals surface area (Å²) < 4.78 is 5.75. The average Bonchev–Trinajstić information content (AvgIpc) is 1.98. The van der Waals surface area contributed by atoms with E-state index >= 15 is 0 Å². The first-order chi connectivity index (χ1) is 5.70. The van der Waals surface area contributed by atoms with Crippen molar-refractivity contribution in [2.45, 2.75) is 40.2 Å². The van der Waals surface area contributed by atoms with Gasteiger partial charge in [-0.15, -0.1) is 0 Å². The van der Waals surface area contributed by atoms with Gasteiger partial charge in [0.25, 0.3) is 0 Å². The summed E-state index contributed by atoms with van der Waals surface area (Å²) >= 11 is 0. The Kier molecular flexibility index (Phi) is 4.36. The highest BCUT2D eigenvalue weighted by Gasteiger charge is 2.33. The van der Waals surface area contributed by atoms with Gasteiger partial charge >= 0.3 is 0 Å². The lowest BCUT2D eigenvalue weighted by Crippen LogP contribution is -2.42. The van der Waals surface area contributed by atoms with Crippen molar-refractivity contribution in [3.8, 4) is 0 Å². The molecule has 0 amide bonds. The van der Waals surface area contributed by atoms with Crippen LogP contribution >= 0.6 is 0 Å². The zero-order chi connectivity index (χ0) is 10.7. The van der Waals surface area contributed by atoms with E-state index in [1.54, 1.807) is 12.2 Å². The van der Waals surface area contributed by atoms with E-state index in [-0.39, 0.29) is 11.0 Å². The van der Waals surface area contributed by atoms with Gasteiger partial charge in [-0.3, -0.25) is 0 Å². The van der Waals surface area contributed by atoms with E-state index in [0.717, 1.165) is 0 Å². The molecule has 0 aliphatic carbocycles. The summed E-state index contributed by atoms with van der Waals surface area (Å²) in [6.45, 7) is 11.2. The van der Waals surface area contributed by atoms with Crippen molar-refractivity contribution < 1.29 is 9.57 Å². The van der Waals surface area contributed by atoms with Crippen molar-refractivity contribution >= 4 is 0 Å². The van der Waals surface area contributed by atoms with Gasteiger partial charge in [0.15, 0.2) is 0 Å². The van der Waals surface area contributed by atoms with Gasteiger partial charge in [0.05, 0.1) is 12.7 Å². The molecule has 0 aromatic rings. The monoisotopic (exact) mass is 189 g/mol. The Labute approximate surface area is 82.0 Å². The maximum atomic E-state index is 5.75. The molecular formula is C10H23NO2. The Morgan fingerprint density at radius 1 is 1.08 bits per heavy atom. The van der Waals surface area contributed by atoms with E-state index in [1.165, 1.54) is 0 Å². The normalized spacial score (nSPS) is 13.8. The SMILES string of the molecule is CON(C)COC(C)(C)C(C)(C)C. The first-order valence-electron chi connectivity index (χ1n) is 4.60. The number of ether oxygens (including phenoxy) is 1. The predicted molar refractivity (Wildman–Crippen MR) is 54.3 cm³/mol. The zero-order valence-electron chi connectivity index (χ0n) is 9.97. The Balaban J connectivity index is 4.04. The van der Waals surface area contributed by atoms with Gasteiger partial charge in [-0.25, -0.2) is 0 Å². The predicted octanol–water partition coefficient (Wildman–Crippen LogP) is 2.28. The molecule has 0 aromatic carbocycles. The van der Waals surface area contributed by atoms with Gasteiger partial charge in [0.1, 0.15) is 6.73 Å². The quantitative estimate of drug-likeness (QED) is 0.500. The molecule has 0 unspecified atom stereocenters. The van der Waals surface area contributed by atoms with Crippen LogP contribution in [-0.4, -0.2) is 31.6 Å².